The molecule has 1 aliphatic carbocycles. The molecule has 5 rings (SSSR count). The Bertz CT molecular complexity index is 1340. The maximum atomic E-state index is 6.39. The second-order valence-electron chi connectivity index (χ2n) is 13.9. The summed E-state index contributed by atoms with van der Waals surface area (Å²) in [6, 6.07) is 15.5. The van der Waals surface area contributed by atoms with Crippen molar-refractivity contribution in [1.82, 2.24) is 9.97 Å². The van der Waals surface area contributed by atoms with Crippen LogP contribution in [0.15, 0.2) is 42.5 Å². The molecule has 2 aromatic carbocycles. The first-order valence-electron chi connectivity index (χ1n) is 15.1. The summed E-state index contributed by atoms with van der Waals surface area (Å²) in [5.74, 6) is 2.69. The van der Waals surface area contributed by atoms with Crippen molar-refractivity contribution in [2.75, 3.05) is 55.5 Å². The summed E-state index contributed by atoms with van der Waals surface area (Å²) in [5, 5.41) is 4.98. The van der Waals surface area contributed by atoms with Crippen LogP contribution in [0.25, 0.3) is 10.9 Å². The zero-order valence-electron chi connectivity index (χ0n) is 26.0. The van der Waals surface area contributed by atoms with E-state index in [1.54, 1.807) is 0 Å². The third-order valence-corrected chi connectivity index (χ3v) is 14.1. The Balaban J connectivity index is 1.35. The summed E-state index contributed by atoms with van der Waals surface area (Å²) in [6.45, 7) is 17.3. The van der Waals surface area contributed by atoms with Gasteiger partial charge >= 0.3 is 0 Å². The Morgan fingerprint density at radius 2 is 1.75 bits per heavy atom. The molecule has 7 heteroatoms. The van der Waals surface area contributed by atoms with Crippen LogP contribution < -0.4 is 15.1 Å². The molecule has 0 unspecified atom stereocenters. The SMILES string of the molecule is CN(C)c1ccccc1C1CCN(c2nc(C3(C)CC3)nc3ccc(NCCO[Si](C)(C)C(C)(C)C)cc23)CC1. The Kier molecular flexibility index (Phi) is 7.92. The first-order chi connectivity index (χ1) is 18.9. The van der Waals surface area contributed by atoms with E-state index in [0.717, 1.165) is 67.3 Å². The fourth-order valence-electron chi connectivity index (χ4n) is 5.50. The van der Waals surface area contributed by atoms with Crippen LogP contribution in [0.4, 0.5) is 17.2 Å². The molecule has 6 nitrogen and oxygen atoms in total. The number of hydrogen-bond donors (Lipinski definition) is 1. The summed E-state index contributed by atoms with van der Waals surface area (Å²) < 4.78 is 6.39. The van der Waals surface area contributed by atoms with E-state index in [-0.39, 0.29) is 10.5 Å². The molecule has 1 saturated carbocycles. The zero-order chi connectivity index (χ0) is 28.7. The summed E-state index contributed by atoms with van der Waals surface area (Å²) in [5.41, 5.74) is 5.10. The van der Waals surface area contributed by atoms with Crippen molar-refractivity contribution in [3.8, 4) is 0 Å². The van der Waals surface area contributed by atoms with Crippen LogP contribution in [0.3, 0.4) is 0 Å². The molecule has 2 fully saturated rings. The maximum Gasteiger partial charge on any atom is 0.192 e. The lowest BCUT2D eigenvalue weighted by Gasteiger charge is -2.36. The van der Waals surface area contributed by atoms with E-state index < -0.39 is 8.32 Å². The van der Waals surface area contributed by atoms with E-state index in [9.17, 15) is 0 Å². The van der Waals surface area contributed by atoms with Gasteiger partial charge in [-0.25, -0.2) is 9.97 Å². The van der Waals surface area contributed by atoms with Crippen LogP contribution in [0.5, 0.6) is 0 Å². The number of hydrogen-bond acceptors (Lipinski definition) is 6. The van der Waals surface area contributed by atoms with Gasteiger partial charge in [0.1, 0.15) is 11.6 Å². The molecule has 1 N–H and O–H groups in total. The highest BCUT2D eigenvalue weighted by Crippen LogP contribution is 2.47. The number of benzene rings is 2. The van der Waals surface area contributed by atoms with Gasteiger partial charge in [0, 0.05) is 55.9 Å². The van der Waals surface area contributed by atoms with Crippen molar-refractivity contribution < 1.29 is 4.43 Å². The quantitative estimate of drug-likeness (QED) is 0.216. The largest absolute Gasteiger partial charge is 0.415 e. The lowest BCUT2D eigenvalue weighted by Crippen LogP contribution is -2.41. The molecule has 0 atom stereocenters. The fraction of sp³-hybridized carbons (Fsp3) is 0.576. The molecule has 0 spiro atoms. The molecule has 3 aromatic rings. The molecule has 2 aliphatic rings. The smallest absolute Gasteiger partial charge is 0.192 e. The summed E-state index contributed by atoms with van der Waals surface area (Å²) in [4.78, 5) is 15.1. The first kappa shape index (κ1) is 28.9. The lowest BCUT2D eigenvalue weighted by atomic mass is 9.88. The van der Waals surface area contributed by atoms with Gasteiger partial charge in [0.05, 0.1) is 12.1 Å². The zero-order valence-corrected chi connectivity index (χ0v) is 27.0. The Morgan fingerprint density at radius 3 is 2.40 bits per heavy atom. The number of rotatable bonds is 9. The third kappa shape index (κ3) is 6.01. The molecule has 0 amide bonds. The third-order valence-electron chi connectivity index (χ3n) is 9.57. The van der Waals surface area contributed by atoms with Crippen LogP contribution in [-0.2, 0) is 9.84 Å². The second kappa shape index (κ2) is 11.0. The number of nitrogens with one attached hydrogen (secondary N) is 1. The van der Waals surface area contributed by atoms with Gasteiger partial charge in [-0.05, 0) is 79.6 Å². The average Bonchev–Trinajstić information content (AvgIpc) is 3.68. The summed E-state index contributed by atoms with van der Waals surface area (Å²) in [6.07, 6.45) is 4.61. The maximum absolute atomic E-state index is 6.39. The number of anilines is 3. The van der Waals surface area contributed by atoms with Crippen LogP contribution in [0, 0.1) is 0 Å². The highest BCUT2D eigenvalue weighted by Gasteiger charge is 2.43. The number of piperidine rings is 1. The highest BCUT2D eigenvalue weighted by atomic mass is 28.4. The van der Waals surface area contributed by atoms with E-state index in [0.29, 0.717) is 5.92 Å². The van der Waals surface area contributed by atoms with E-state index in [2.05, 4.69) is 112 Å². The molecule has 1 aromatic heterocycles. The molecule has 216 valence electrons. The van der Waals surface area contributed by atoms with Gasteiger partial charge in [-0.1, -0.05) is 45.9 Å². The van der Waals surface area contributed by atoms with Crippen LogP contribution in [0.1, 0.15) is 70.7 Å². The molecular formula is C33H49N5OSi. The number of fused-ring (bicyclic) bond motifs is 1. The average molecular weight is 560 g/mol. The van der Waals surface area contributed by atoms with Crippen LogP contribution in [0.2, 0.25) is 18.1 Å². The van der Waals surface area contributed by atoms with Crippen LogP contribution in [-0.4, -0.2) is 58.6 Å². The standard InChI is InChI=1S/C33H49N5OSi/c1-32(2,3)40(7,8)39-22-19-34-25-13-14-28-27(23-25)30(36-31(35-28)33(4)17-18-33)38-20-15-24(16-21-38)26-11-9-10-12-29(26)37(5)6/h9-14,23-24,34H,15-22H2,1-8H3. The normalized spacial score (nSPS) is 17.8. The first-order valence-corrected chi connectivity index (χ1v) is 18.0. The summed E-state index contributed by atoms with van der Waals surface area (Å²) in [7, 11) is 2.54. The molecule has 2 heterocycles. The van der Waals surface area contributed by atoms with Gasteiger partial charge in [-0.3, -0.25) is 0 Å². The van der Waals surface area contributed by atoms with Crippen molar-refractivity contribution in [3.05, 3.63) is 53.9 Å². The van der Waals surface area contributed by atoms with Crippen molar-refractivity contribution in [2.45, 2.75) is 82.8 Å². The Morgan fingerprint density at radius 1 is 1.05 bits per heavy atom. The van der Waals surface area contributed by atoms with Gasteiger partial charge in [0.15, 0.2) is 8.32 Å². The minimum Gasteiger partial charge on any atom is -0.415 e. The minimum absolute atomic E-state index is 0.129. The van der Waals surface area contributed by atoms with E-state index in [1.165, 1.54) is 24.1 Å². The molecule has 1 saturated heterocycles. The monoisotopic (exact) mass is 559 g/mol. The highest BCUT2D eigenvalue weighted by molar-refractivity contribution is 6.74. The Labute approximate surface area is 242 Å². The second-order valence-corrected chi connectivity index (χ2v) is 18.7. The van der Waals surface area contributed by atoms with Gasteiger partial charge < -0.3 is 19.5 Å². The predicted octanol–water partition coefficient (Wildman–Crippen LogP) is 7.57. The number of aromatic nitrogens is 2. The van der Waals surface area contributed by atoms with Crippen molar-refractivity contribution in [2.24, 2.45) is 0 Å². The number of nitrogens with zero attached hydrogens (tertiary/aromatic N) is 4. The van der Waals surface area contributed by atoms with Gasteiger partial charge in [0.25, 0.3) is 0 Å². The molecule has 0 bridgehead atoms. The molecular weight excluding hydrogens is 510 g/mol. The molecule has 1 aliphatic heterocycles. The fourth-order valence-corrected chi connectivity index (χ4v) is 6.55. The minimum atomic E-state index is -1.75. The van der Waals surface area contributed by atoms with Crippen molar-refractivity contribution in [3.63, 3.8) is 0 Å². The van der Waals surface area contributed by atoms with Crippen molar-refractivity contribution in [1.29, 1.82) is 0 Å². The van der Waals surface area contributed by atoms with Gasteiger partial charge in [-0.2, -0.15) is 0 Å². The van der Waals surface area contributed by atoms with Crippen molar-refractivity contribution >= 4 is 36.4 Å². The van der Waals surface area contributed by atoms with Crippen LogP contribution >= 0.6 is 0 Å². The van der Waals surface area contributed by atoms with E-state index in [1.807, 2.05) is 0 Å². The number of para-hydroxylation sites is 1. The van der Waals surface area contributed by atoms with Gasteiger partial charge in [0.2, 0.25) is 0 Å². The lowest BCUT2D eigenvalue weighted by molar-refractivity contribution is 0.301. The molecule has 40 heavy (non-hydrogen) atoms. The Hall–Kier alpha value is -2.64. The molecule has 0 radical (unpaired) electrons. The summed E-state index contributed by atoms with van der Waals surface area (Å²) >= 11 is 0. The topological polar surface area (TPSA) is 53.5 Å². The van der Waals surface area contributed by atoms with Gasteiger partial charge in [-0.15, -0.1) is 0 Å². The van der Waals surface area contributed by atoms with E-state index >= 15 is 0 Å². The predicted molar refractivity (Wildman–Crippen MR) is 173 cm³/mol. The van der Waals surface area contributed by atoms with E-state index in [4.69, 9.17) is 14.4 Å².